The maximum atomic E-state index is 9.51. The van der Waals surface area contributed by atoms with Crippen LogP contribution >= 0.6 is 0 Å². The van der Waals surface area contributed by atoms with Gasteiger partial charge in [-0.1, -0.05) is 26.0 Å². The van der Waals surface area contributed by atoms with Gasteiger partial charge in [0.05, 0.1) is 0 Å². The summed E-state index contributed by atoms with van der Waals surface area (Å²) in [6, 6.07) is 7.66. The van der Waals surface area contributed by atoms with Gasteiger partial charge in [-0.05, 0) is 50.0 Å². The molecule has 0 aliphatic heterocycles. The van der Waals surface area contributed by atoms with Crippen LogP contribution in [0, 0.1) is 5.92 Å². The molecule has 3 nitrogen and oxygen atoms in total. The summed E-state index contributed by atoms with van der Waals surface area (Å²) in [6.45, 7) is 5.56. The van der Waals surface area contributed by atoms with Crippen LogP contribution in [0.2, 0.25) is 0 Å². The topological polar surface area (TPSA) is 55.0 Å². The summed E-state index contributed by atoms with van der Waals surface area (Å²) < 4.78 is 0. The fraction of sp³-hybridized carbons (Fsp3) is 0.571. The van der Waals surface area contributed by atoms with Crippen molar-refractivity contribution in [1.29, 1.82) is 0 Å². The maximum Gasteiger partial charge on any atom is 0.115 e. The fourth-order valence-electron chi connectivity index (χ4n) is 2.43. The van der Waals surface area contributed by atoms with E-state index in [2.05, 4.69) is 38.9 Å². The average molecular weight is 239 g/mol. The van der Waals surface area contributed by atoms with Crippen molar-refractivity contribution < 1.29 is 10.6 Å². The lowest BCUT2D eigenvalue weighted by molar-refractivity contribution is 0.301. The summed E-state index contributed by atoms with van der Waals surface area (Å²) in [5.74, 6) is 1.49. The molecule has 0 saturated heterocycles. The molecule has 0 aliphatic rings. The quantitative estimate of drug-likeness (QED) is 0.857. The molecule has 2 atom stereocenters. The summed E-state index contributed by atoms with van der Waals surface area (Å²) in [5, 5.41) is 9.51. The zero-order valence-corrected chi connectivity index (χ0v) is 11.3. The van der Waals surface area contributed by atoms with E-state index >= 15 is 0 Å². The van der Waals surface area contributed by atoms with Crippen LogP contribution in [0.5, 0.6) is 5.75 Å². The Bertz CT molecular complexity index is 326. The van der Waals surface area contributed by atoms with Gasteiger partial charge in [0.2, 0.25) is 0 Å². The van der Waals surface area contributed by atoms with E-state index in [0.717, 1.165) is 13.0 Å². The number of phenolic OH excluding ortho intramolecular Hbond substituents is 1. The number of aromatic hydroxyl groups is 1. The molecule has 3 heteroatoms. The van der Waals surface area contributed by atoms with Crippen molar-refractivity contribution in [3.8, 4) is 5.75 Å². The number of hydrogen-bond donors (Lipinski definition) is 1. The number of hydrogen-bond acceptors (Lipinski definition) is 2. The molecule has 0 saturated carbocycles. The van der Waals surface area contributed by atoms with E-state index in [9.17, 15) is 5.11 Å². The van der Waals surface area contributed by atoms with E-state index in [1.54, 1.807) is 6.07 Å². The SMILES string of the molecule is CC[C@@H](c1cccc(O)c1)[C@@H](C)CN(C)C.O. The molecule has 0 bridgehead atoms. The van der Waals surface area contributed by atoms with Crippen molar-refractivity contribution in [2.24, 2.45) is 5.92 Å². The normalized spacial score (nSPS) is 14.2. The van der Waals surface area contributed by atoms with Crippen molar-refractivity contribution in [1.82, 2.24) is 4.90 Å². The largest absolute Gasteiger partial charge is 0.508 e. The molecule has 0 radical (unpaired) electrons. The predicted molar refractivity (Wildman–Crippen MR) is 72.5 cm³/mol. The summed E-state index contributed by atoms with van der Waals surface area (Å²) >= 11 is 0. The van der Waals surface area contributed by atoms with Gasteiger partial charge in [-0.3, -0.25) is 0 Å². The molecule has 3 N–H and O–H groups in total. The molecular weight excluding hydrogens is 214 g/mol. The molecule has 0 fully saturated rings. The molecule has 1 rings (SSSR count). The second kappa shape index (κ2) is 7.30. The lowest BCUT2D eigenvalue weighted by Gasteiger charge is -2.26. The Balaban J connectivity index is 0.00000256. The van der Waals surface area contributed by atoms with Gasteiger partial charge in [0.25, 0.3) is 0 Å². The van der Waals surface area contributed by atoms with E-state index < -0.39 is 0 Å². The van der Waals surface area contributed by atoms with E-state index in [-0.39, 0.29) is 5.48 Å². The first-order chi connectivity index (χ1) is 7.54. The Kier molecular flexibility index (Phi) is 6.85. The van der Waals surface area contributed by atoms with Gasteiger partial charge in [-0.2, -0.15) is 0 Å². The minimum Gasteiger partial charge on any atom is -0.508 e. The molecule has 0 aromatic heterocycles. The van der Waals surface area contributed by atoms with Crippen LogP contribution in [-0.4, -0.2) is 36.1 Å². The molecule has 17 heavy (non-hydrogen) atoms. The third-order valence-electron chi connectivity index (χ3n) is 3.08. The lowest BCUT2D eigenvalue weighted by atomic mass is 9.85. The van der Waals surface area contributed by atoms with Crippen molar-refractivity contribution in [2.75, 3.05) is 20.6 Å². The van der Waals surface area contributed by atoms with Gasteiger partial charge in [-0.15, -0.1) is 0 Å². The minimum absolute atomic E-state index is 0. The Morgan fingerprint density at radius 2 is 1.94 bits per heavy atom. The second-order valence-corrected chi connectivity index (χ2v) is 4.85. The van der Waals surface area contributed by atoms with Crippen LogP contribution < -0.4 is 0 Å². The predicted octanol–water partition coefficient (Wildman–Crippen LogP) is 2.26. The van der Waals surface area contributed by atoms with Crippen LogP contribution in [0.3, 0.4) is 0 Å². The van der Waals surface area contributed by atoms with Crippen molar-refractivity contribution in [3.05, 3.63) is 29.8 Å². The first-order valence-corrected chi connectivity index (χ1v) is 5.98. The van der Waals surface area contributed by atoms with E-state index in [4.69, 9.17) is 0 Å². The van der Waals surface area contributed by atoms with Crippen LogP contribution in [0.25, 0.3) is 0 Å². The summed E-state index contributed by atoms with van der Waals surface area (Å²) in [6.07, 6.45) is 1.11. The van der Waals surface area contributed by atoms with Crippen molar-refractivity contribution in [2.45, 2.75) is 26.2 Å². The Hall–Kier alpha value is -1.06. The third-order valence-corrected chi connectivity index (χ3v) is 3.08. The molecule has 0 heterocycles. The molecule has 1 aromatic rings. The van der Waals surface area contributed by atoms with Gasteiger partial charge in [0.1, 0.15) is 5.75 Å². The van der Waals surface area contributed by atoms with Crippen molar-refractivity contribution >= 4 is 0 Å². The monoisotopic (exact) mass is 239 g/mol. The Morgan fingerprint density at radius 3 is 2.41 bits per heavy atom. The van der Waals surface area contributed by atoms with Crippen LogP contribution in [0.15, 0.2) is 24.3 Å². The standard InChI is InChI=1S/C14H23NO.H2O/c1-5-14(11(2)10-15(3)4)12-7-6-8-13(16)9-12;/h6-9,11,14,16H,5,10H2,1-4H3;1H2/t11-,14+;/m0./s1. The summed E-state index contributed by atoms with van der Waals surface area (Å²) in [4.78, 5) is 2.22. The van der Waals surface area contributed by atoms with E-state index in [1.807, 2.05) is 12.1 Å². The number of phenols is 1. The van der Waals surface area contributed by atoms with Crippen LogP contribution in [0.1, 0.15) is 31.7 Å². The number of nitrogens with zero attached hydrogens (tertiary/aromatic N) is 1. The second-order valence-electron chi connectivity index (χ2n) is 4.85. The van der Waals surface area contributed by atoms with Crippen molar-refractivity contribution in [3.63, 3.8) is 0 Å². The fourth-order valence-corrected chi connectivity index (χ4v) is 2.43. The third kappa shape index (κ3) is 4.75. The highest BCUT2D eigenvalue weighted by atomic mass is 16.3. The molecular formula is C14H25NO2. The first-order valence-electron chi connectivity index (χ1n) is 5.98. The zero-order valence-electron chi connectivity index (χ0n) is 11.3. The van der Waals surface area contributed by atoms with E-state index in [1.165, 1.54) is 5.56 Å². The van der Waals surface area contributed by atoms with Gasteiger partial charge in [0, 0.05) is 6.54 Å². The number of rotatable bonds is 5. The van der Waals surface area contributed by atoms with Gasteiger partial charge in [0.15, 0.2) is 0 Å². The highest BCUT2D eigenvalue weighted by molar-refractivity contribution is 5.30. The smallest absolute Gasteiger partial charge is 0.115 e. The Morgan fingerprint density at radius 1 is 1.29 bits per heavy atom. The van der Waals surface area contributed by atoms with Gasteiger partial charge >= 0.3 is 0 Å². The summed E-state index contributed by atoms with van der Waals surface area (Å²) in [7, 11) is 4.21. The molecule has 0 amide bonds. The summed E-state index contributed by atoms with van der Waals surface area (Å²) in [5.41, 5.74) is 1.25. The minimum atomic E-state index is 0. The lowest BCUT2D eigenvalue weighted by Crippen LogP contribution is -2.24. The number of benzene rings is 1. The molecule has 1 aromatic carbocycles. The molecule has 0 spiro atoms. The highest BCUT2D eigenvalue weighted by Gasteiger charge is 2.18. The molecule has 98 valence electrons. The van der Waals surface area contributed by atoms with E-state index in [0.29, 0.717) is 17.6 Å². The van der Waals surface area contributed by atoms with Crippen LogP contribution in [-0.2, 0) is 0 Å². The first kappa shape index (κ1) is 15.9. The molecule has 0 aliphatic carbocycles. The Labute approximate surface area is 104 Å². The van der Waals surface area contributed by atoms with Crippen LogP contribution in [0.4, 0.5) is 0 Å². The maximum absolute atomic E-state index is 9.51. The van der Waals surface area contributed by atoms with Gasteiger partial charge in [-0.25, -0.2) is 0 Å². The molecule has 0 unspecified atom stereocenters. The highest BCUT2D eigenvalue weighted by Crippen LogP contribution is 2.30. The van der Waals surface area contributed by atoms with Gasteiger partial charge < -0.3 is 15.5 Å². The average Bonchev–Trinajstić information content (AvgIpc) is 2.17. The zero-order chi connectivity index (χ0) is 12.1.